The minimum absolute atomic E-state index is 0.389. The summed E-state index contributed by atoms with van der Waals surface area (Å²) in [6, 6.07) is 7.16. The number of phenols is 1. The highest BCUT2D eigenvalue weighted by molar-refractivity contribution is 5.51. The van der Waals surface area contributed by atoms with Crippen molar-refractivity contribution in [3.05, 3.63) is 23.8 Å². The van der Waals surface area contributed by atoms with Crippen LogP contribution in [0.1, 0.15) is 44.1 Å². The monoisotopic (exact) mass is 274 g/mol. The first-order valence-corrected chi connectivity index (χ1v) is 8.03. The summed E-state index contributed by atoms with van der Waals surface area (Å²) in [5, 5.41) is 17.2. The average Bonchev–Trinajstić information content (AvgIpc) is 2.92. The average molecular weight is 274 g/mol. The Morgan fingerprint density at radius 1 is 1.15 bits per heavy atom. The second kappa shape index (κ2) is 6.04. The molecule has 1 heterocycles. The van der Waals surface area contributed by atoms with Crippen LogP contribution < -0.4 is 10.6 Å². The Kier molecular flexibility index (Phi) is 4.16. The van der Waals surface area contributed by atoms with Crippen LogP contribution in [0, 0.1) is 12.8 Å². The van der Waals surface area contributed by atoms with E-state index < -0.39 is 0 Å². The van der Waals surface area contributed by atoms with Gasteiger partial charge in [-0.15, -0.1) is 0 Å². The van der Waals surface area contributed by atoms with Gasteiger partial charge in [0.15, 0.2) is 0 Å². The van der Waals surface area contributed by atoms with Crippen LogP contribution in [0.4, 0.5) is 5.69 Å². The summed E-state index contributed by atoms with van der Waals surface area (Å²) in [5.41, 5.74) is 1.99. The molecule has 1 saturated carbocycles. The topological polar surface area (TPSA) is 44.3 Å². The zero-order valence-corrected chi connectivity index (χ0v) is 12.4. The summed E-state index contributed by atoms with van der Waals surface area (Å²) >= 11 is 0. The molecule has 1 aliphatic heterocycles. The van der Waals surface area contributed by atoms with Crippen LogP contribution in [-0.2, 0) is 0 Å². The largest absolute Gasteiger partial charge is 0.508 e. The number of phenolic OH excluding ortho intramolecular Hbond substituents is 1. The van der Waals surface area contributed by atoms with Gasteiger partial charge >= 0.3 is 0 Å². The summed E-state index contributed by atoms with van der Waals surface area (Å²) in [4.78, 5) is 0. The first kappa shape index (κ1) is 13.7. The molecular formula is C17H26N2O. The molecule has 0 spiro atoms. The lowest BCUT2D eigenvalue weighted by Crippen LogP contribution is -2.44. The van der Waals surface area contributed by atoms with Crippen LogP contribution in [0.2, 0.25) is 0 Å². The smallest absolute Gasteiger partial charge is 0.120 e. The molecule has 1 saturated heterocycles. The maximum atomic E-state index is 9.84. The van der Waals surface area contributed by atoms with Crippen molar-refractivity contribution in [2.24, 2.45) is 5.92 Å². The molecule has 3 atom stereocenters. The van der Waals surface area contributed by atoms with E-state index >= 15 is 0 Å². The number of aromatic hydroxyl groups is 1. The third kappa shape index (κ3) is 2.93. The van der Waals surface area contributed by atoms with E-state index in [1.165, 1.54) is 45.1 Å². The first-order chi connectivity index (χ1) is 9.74. The second-order valence-electron chi connectivity index (χ2n) is 6.40. The second-order valence-corrected chi connectivity index (χ2v) is 6.40. The summed E-state index contributed by atoms with van der Waals surface area (Å²) in [6.45, 7) is 3.11. The van der Waals surface area contributed by atoms with Gasteiger partial charge in [0.2, 0.25) is 0 Å². The van der Waals surface area contributed by atoms with Crippen molar-refractivity contribution in [3.63, 3.8) is 0 Å². The van der Waals surface area contributed by atoms with Gasteiger partial charge in [-0.1, -0.05) is 18.9 Å². The van der Waals surface area contributed by atoms with E-state index in [4.69, 9.17) is 0 Å². The fourth-order valence-electron chi connectivity index (χ4n) is 3.81. The van der Waals surface area contributed by atoms with Crippen molar-refractivity contribution in [1.82, 2.24) is 5.32 Å². The standard InChI is InChI=1S/C17H26N2O/c1-12-8-9-13(11-17(12)20)19-16-7-4-5-14(16)15-6-2-3-10-18-15/h8-9,11,14-16,18-20H,2-7,10H2,1H3. The molecule has 3 rings (SSSR count). The van der Waals surface area contributed by atoms with Crippen LogP contribution in [0.15, 0.2) is 18.2 Å². The predicted octanol–water partition coefficient (Wildman–Crippen LogP) is 3.42. The first-order valence-electron chi connectivity index (χ1n) is 8.03. The Balaban J connectivity index is 1.67. The number of nitrogens with one attached hydrogen (secondary N) is 2. The zero-order chi connectivity index (χ0) is 13.9. The van der Waals surface area contributed by atoms with E-state index in [2.05, 4.69) is 16.7 Å². The van der Waals surface area contributed by atoms with E-state index in [-0.39, 0.29) is 0 Å². The van der Waals surface area contributed by atoms with Crippen molar-refractivity contribution < 1.29 is 5.11 Å². The molecule has 3 nitrogen and oxygen atoms in total. The maximum absolute atomic E-state index is 9.84. The van der Waals surface area contributed by atoms with Crippen molar-refractivity contribution in [3.8, 4) is 5.75 Å². The van der Waals surface area contributed by atoms with Crippen LogP contribution in [-0.4, -0.2) is 23.7 Å². The van der Waals surface area contributed by atoms with Crippen molar-refractivity contribution in [2.75, 3.05) is 11.9 Å². The van der Waals surface area contributed by atoms with Gasteiger partial charge in [-0.2, -0.15) is 0 Å². The molecule has 3 unspecified atom stereocenters. The molecule has 3 heteroatoms. The molecule has 1 aromatic rings. The molecule has 2 aliphatic rings. The summed E-state index contributed by atoms with van der Waals surface area (Å²) in [7, 11) is 0. The van der Waals surface area contributed by atoms with Gasteiger partial charge in [0.1, 0.15) is 5.75 Å². The highest BCUT2D eigenvalue weighted by Crippen LogP contribution is 2.34. The van der Waals surface area contributed by atoms with E-state index in [0.29, 0.717) is 17.8 Å². The van der Waals surface area contributed by atoms with Gasteiger partial charge in [0.05, 0.1) is 0 Å². The molecule has 20 heavy (non-hydrogen) atoms. The number of benzene rings is 1. The zero-order valence-electron chi connectivity index (χ0n) is 12.4. The van der Waals surface area contributed by atoms with Crippen molar-refractivity contribution in [1.29, 1.82) is 0 Å². The van der Waals surface area contributed by atoms with E-state index in [1.807, 2.05) is 19.1 Å². The number of anilines is 1. The van der Waals surface area contributed by atoms with Crippen LogP contribution >= 0.6 is 0 Å². The lowest BCUT2D eigenvalue weighted by atomic mass is 9.88. The van der Waals surface area contributed by atoms with Crippen molar-refractivity contribution >= 4 is 5.69 Å². The maximum Gasteiger partial charge on any atom is 0.120 e. The van der Waals surface area contributed by atoms with E-state index in [0.717, 1.165) is 17.2 Å². The van der Waals surface area contributed by atoms with Crippen LogP contribution in [0.25, 0.3) is 0 Å². The minimum Gasteiger partial charge on any atom is -0.508 e. The quantitative estimate of drug-likeness (QED) is 0.791. The third-order valence-electron chi connectivity index (χ3n) is 5.00. The highest BCUT2D eigenvalue weighted by Gasteiger charge is 2.34. The van der Waals surface area contributed by atoms with Crippen molar-refractivity contribution in [2.45, 2.75) is 57.5 Å². The molecule has 0 aromatic heterocycles. The van der Waals surface area contributed by atoms with Gasteiger partial charge in [-0.25, -0.2) is 0 Å². The summed E-state index contributed by atoms with van der Waals surface area (Å²) in [5.74, 6) is 1.12. The van der Waals surface area contributed by atoms with Crippen LogP contribution in [0.5, 0.6) is 5.75 Å². The lowest BCUT2D eigenvalue weighted by molar-refractivity contribution is 0.286. The lowest BCUT2D eigenvalue weighted by Gasteiger charge is -2.33. The number of rotatable bonds is 3. The van der Waals surface area contributed by atoms with Gasteiger partial charge in [0, 0.05) is 23.8 Å². The van der Waals surface area contributed by atoms with Gasteiger partial charge in [-0.05, 0) is 56.7 Å². The molecule has 0 radical (unpaired) electrons. The fraction of sp³-hybridized carbons (Fsp3) is 0.647. The predicted molar refractivity (Wildman–Crippen MR) is 83.2 cm³/mol. The number of aryl methyl sites for hydroxylation is 1. The normalized spacial score (nSPS) is 30.4. The van der Waals surface area contributed by atoms with Gasteiger partial charge in [0.25, 0.3) is 0 Å². The third-order valence-corrected chi connectivity index (χ3v) is 5.00. The number of hydrogen-bond donors (Lipinski definition) is 3. The Bertz CT molecular complexity index is 454. The molecule has 110 valence electrons. The van der Waals surface area contributed by atoms with Crippen LogP contribution in [0.3, 0.4) is 0 Å². The molecule has 3 N–H and O–H groups in total. The summed E-state index contributed by atoms with van der Waals surface area (Å²) < 4.78 is 0. The number of piperidine rings is 1. The molecule has 1 aromatic carbocycles. The van der Waals surface area contributed by atoms with E-state index in [1.54, 1.807) is 0 Å². The van der Waals surface area contributed by atoms with Gasteiger partial charge in [-0.3, -0.25) is 0 Å². The minimum atomic E-state index is 0.389. The molecule has 1 aliphatic carbocycles. The summed E-state index contributed by atoms with van der Waals surface area (Å²) in [6.07, 6.45) is 7.91. The SMILES string of the molecule is Cc1ccc(NC2CCCC2C2CCCCN2)cc1O. The molecule has 0 amide bonds. The fourth-order valence-corrected chi connectivity index (χ4v) is 3.81. The Morgan fingerprint density at radius 3 is 2.80 bits per heavy atom. The Morgan fingerprint density at radius 2 is 2.05 bits per heavy atom. The molecule has 0 bridgehead atoms. The van der Waals surface area contributed by atoms with Gasteiger partial charge < -0.3 is 15.7 Å². The molecular weight excluding hydrogens is 248 g/mol. The Labute approximate surface area is 121 Å². The Hall–Kier alpha value is -1.22. The molecule has 2 fully saturated rings. The number of hydrogen-bond acceptors (Lipinski definition) is 3. The van der Waals surface area contributed by atoms with E-state index in [9.17, 15) is 5.11 Å². The highest BCUT2D eigenvalue weighted by atomic mass is 16.3.